The van der Waals surface area contributed by atoms with Gasteiger partial charge in [-0.1, -0.05) is 6.92 Å². The summed E-state index contributed by atoms with van der Waals surface area (Å²) in [4.78, 5) is 8.98. The molecule has 18 heavy (non-hydrogen) atoms. The molecule has 0 aromatic carbocycles. The highest BCUT2D eigenvalue weighted by atomic mass is 15.2. The second kappa shape index (κ2) is 4.15. The van der Waals surface area contributed by atoms with E-state index >= 15 is 0 Å². The molecule has 1 aliphatic rings. The highest BCUT2D eigenvalue weighted by molar-refractivity contribution is 5.66. The molecular weight excluding hydrogens is 226 g/mol. The van der Waals surface area contributed by atoms with E-state index in [0.717, 1.165) is 23.7 Å². The van der Waals surface area contributed by atoms with Crippen molar-refractivity contribution in [1.29, 1.82) is 0 Å². The third-order valence-electron chi connectivity index (χ3n) is 4.00. The molecule has 1 fully saturated rings. The van der Waals surface area contributed by atoms with E-state index in [1.165, 1.54) is 19.3 Å². The van der Waals surface area contributed by atoms with Gasteiger partial charge in [0.25, 0.3) is 0 Å². The molecule has 2 aromatic rings. The predicted octanol–water partition coefficient (Wildman–Crippen LogP) is 2.52. The van der Waals surface area contributed by atoms with Crippen molar-refractivity contribution in [2.75, 3.05) is 17.7 Å². The Kier molecular flexibility index (Phi) is 2.61. The minimum Gasteiger partial charge on any atom is -0.372 e. The van der Waals surface area contributed by atoms with Crippen molar-refractivity contribution >= 4 is 17.3 Å². The number of anilines is 2. The molecule has 5 nitrogen and oxygen atoms in total. The minimum absolute atomic E-state index is 0.228. The Bertz CT molecular complexity index is 550. The van der Waals surface area contributed by atoms with Gasteiger partial charge in [-0.2, -0.15) is 0 Å². The van der Waals surface area contributed by atoms with Crippen LogP contribution in [-0.2, 0) is 0 Å². The summed E-state index contributed by atoms with van der Waals surface area (Å²) in [6, 6.07) is 0. The lowest BCUT2D eigenvalue weighted by Gasteiger charge is -2.42. The van der Waals surface area contributed by atoms with Crippen LogP contribution in [0.1, 0.15) is 32.6 Å². The van der Waals surface area contributed by atoms with Gasteiger partial charge in [-0.15, -0.1) is 0 Å². The highest BCUT2D eigenvalue weighted by Gasteiger charge is 2.35. The molecule has 2 heterocycles. The number of hydrogen-bond acceptors (Lipinski definition) is 4. The van der Waals surface area contributed by atoms with Gasteiger partial charge in [-0.05, 0) is 25.7 Å². The number of hydrogen-bond donors (Lipinski definition) is 2. The van der Waals surface area contributed by atoms with Crippen molar-refractivity contribution in [2.24, 2.45) is 0 Å². The zero-order valence-corrected chi connectivity index (χ0v) is 10.9. The number of nitrogens with zero attached hydrogens (tertiary/aromatic N) is 3. The summed E-state index contributed by atoms with van der Waals surface area (Å²) in [7, 11) is 1.88. The maximum absolute atomic E-state index is 4.60. The van der Waals surface area contributed by atoms with Crippen molar-refractivity contribution in [3.05, 3.63) is 18.6 Å². The molecule has 96 valence electrons. The molecular formula is C13H19N5. The van der Waals surface area contributed by atoms with Gasteiger partial charge < -0.3 is 15.0 Å². The van der Waals surface area contributed by atoms with E-state index in [1.54, 1.807) is 6.20 Å². The molecule has 0 unspecified atom stereocenters. The summed E-state index contributed by atoms with van der Waals surface area (Å²) in [6.07, 6.45) is 10.6. The fraction of sp³-hybridized carbons (Fsp3) is 0.538. The van der Waals surface area contributed by atoms with Crippen molar-refractivity contribution < 1.29 is 0 Å². The molecule has 2 N–H and O–H groups in total. The summed E-state index contributed by atoms with van der Waals surface area (Å²) in [5.74, 6) is 1.74. The Morgan fingerprint density at radius 2 is 2.28 bits per heavy atom. The molecule has 3 rings (SSSR count). The SMILES string of the molecule is CCC1(Nc2nc(NC)cn3ccnc23)CCC1. The lowest BCUT2D eigenvalue weighted by molar-refractivity contribution is 0.269. The van der Waals surface area contributed by atoms with E-state index in [1.807, 2.05) is 23.8 Å². The smallest absolute Gasteiger partial charge is 0.180 e. The first-order chi connectivity index (χ1) is 8.76. The highest BCUT2D eigenvalue weighted by Crippen LogP contribution is 2.38. The normalized spacial score (nSPS) is 17.4. The summed E-state index contributed by atoms with van der Waals surface area (Å²) in [6.45, 7) is 2.23. The minimum atomic E-state index is 0.228. The maximum Gasteiger partial charge on any atom is 0.180 e. The van der Waals surface area contributed by atoms with Crippen LogP contribution in [0.5, 0.6) is 0 Å². The fourth-order valence-electron chi connectivity index (χ4n) is 2.56. The Labute approximate surface area is 107 Å². The van der Waals surface area contributed by atoms with Gasteiger partial charge >= 0.3 is 0 Å². The lowest BCUT2D eigenvalue weighted by Crippen LogP contribution is -2.44. The van der Waals surface area contributed by atoms with Gasteiger partial charge in [0, 0.05) is 25.0 Å². The first kappa shape index (κ1) is 11.3. The van der Waals surface area contributed by atoms with Crippen molar-refractivity contribution in [2.45, 2.75) is 38.1 Å². The third kappa shape index (κ3) is 1.70. The first-order valence-corrected chi connectivity index (χ1v) is 6.56. The summed E-state index contributed by atoms with van der Waals surface area (Å²) >= 11 is 0. The van der Waals surface area contributed by atoms with Crippen molar-refractivity contribution in [3.63, 3.8) is 0 Å². The second-order valence-electron chi connectivity index (χ2n) is 5.00. The average molecular weight is 245 g/mol. The molecule has 0 atom stereocenters. The van der Waals surface area contributed by atoms with Crippen LogP contribution < -0.4 is 10.6 Å². The number of nitrogens with one attached hydrogen (secondary N) is 2. The summed E-state index contributed by atoms with van der Waals surface area (Å²) in [5, 5.41) is 6.70. The fourth-order valence-corrected chi connectivity index (χ4v) is 2.56. The van der Waals surface area contributed by atoms with Crippen LogP contribution in [0.25, 0.3) is 5.65 Å². The standard InChI is InChI=1S/C13H19N5/c1-3-13(5-4-6-13)17-11-12-15-7-8-18(12)9-10(14-2)16-11/h7-9,14H,3-6H2,1-2H3,(H,16,17). The lowest BCUT2D eigenvalue weighted by atomic mass is 9.75. The predicted molar refractivity (Wildman–Crippen MR) is 73.0 cm³/mol. The first-order valence-electron chi connectivity index (χ1n) is 6.56. The number of imidazole rings is 1. The molecule has 5 heteroatoms. The second-order valence-corrected chi connectivity index (χ2v) is 5.00. The van der Waals surface area contributed by atoms with Crippen LogP contribution in [0, 0.1) is 0 Å². The van der Waals surface area contributed by atoms with Gasteiger partial charge in [0.15, 0.2) is 11.5 Å². The Morgan fingerprint density at radius 1 is 1.44 bits per heavy atom. The number of fused-ring (bicyclic) bond motifs is 1. The van der Waals surface area contributed by atoms with E-state index in [-0.39, 0.29) is 5.54 Å². The molecule has 2 aromatic heterocycles. The monoisotopic (exact) mass is 245 g/mol. The molecule has 0 amide bonds. The topological polar surface area (TPSA) is 54.2 Å². The van der Waals surface area contributed by atoms with Gasteiger partial charge in [0.1, 0.15) is 5.82 Å². The van der Waals surface area contributed by atoms with Crippen LogP contribution in [-0.4, -0.2) is 27.0 Å². The van der Waals surface area contributed by atoms with Gasteiger partial charge in [-0.25, -0.2) is 9.97 Å². The van der Waals surface area contributed by atoms with E-state index < -0.39 is 0 Å². The molecule has 1 aliphatic carbocycles. The van der Waals surface area contributed by atoms with Crippen molar-refractivity contribution in [1.82, 2.24) is 14.4 Å². The molecule has 0 spiro atoms. The average Bonchev–Trinajstić information content (AvgIpc) is 2.81. The van der Waals surface area contributed by atoms with Crippen LogP contribution in [0.4, 0.5) is 11.6 Å². The maximum atomic E-state index is 4.60. The van der Waals surface area contributed by atoms with Gasteiger partial charge in [-0.3, -0.25) is 0 Å². The zero-order valence-electron chi connectivity index (χ0n) is 10.9. The third-order valence-corrected chi connectivity index (χ3v) is 4.00. The molecule has 0 saturated heterocycles. The molecule has 0 radical (unpaired) electrons. The van der Waals surface area contributed by atoms with Crippen molar-refractivity contribution in [3.8, 4) is 0 Å². The van der Waals surface area contributed by atoms with Gasteiger partial charge in [0.2, 0.25) is 0 Å². The van der Waals surface area contributed by atoms with Crippen LogP contribution in [0.2, 0.25) is 0 Å². The Balaban J connectivity index is 2.01. The number of aromatic nitrogens is 3. The van der Waals surface area contributed by atoms with E-state index in [9.17, 15) is 0 Å². The van der Waals surface area contributed by atoms with Crippen LogP contribution in [0.3, 0.4) is 0 Å². The molecule has 1 saturated carbocycles. The Hall–Kier alpha value is -1.78. The molecule has 0 aliphatic heterocycles. The Morgan fingerprint density at radius 3 is 2.89 bits per heavy atom. The number of rotatable bonds is 4. The van der Waals surface area contributed by atoms with Gasteiger partial charge in [0.05, 0.1) is 6.20 Å². The quantitative estimate of drug-likeness (QED) is 0.869. The van der Waals surface area contributed by atoms with Crippen LogP contribution in [0.15, 0.2) is 18.6 Å². The van der Waals surface area contributed by atoms with Crippen LogP contribution >= 0.6 is 0 Å². The summed E-state index contributed by atoms with van der Waals surface area (Å²) in [5.41, 5.74) is 1.12. The molecule has 0 bridgehead atoms. The van der Waals surface area contributed by atoms with E-state index in [0.29, 0.717) is 0 Å². The largest absolute Gasteiger partial charge is 0.372 e. The zero-order chi connectivity index (χ0) is 12.6. The van der Waals surface area contributed by atoms with E-state index in [2.05, 4.69) is 27.5 Å². The van der Waals surface area contributed by atoms with E-state index in [4.69, 9.17) is 0 Å². The summed E-state index contributed by atoms with van der Waals surface area (Å²) < 4.78 is 2.00.